The molecule has 8 rings (SSSR count). The Kier molecular flexibility index (Phi) is 18.8. The van der Waals surface area contributed by atoms with Crippen LogP contribution in [0.5, 0.6) is 0 Å². The number of nitrogens with zero attached hydrogens (tertiary/aromatic N) is 8. The molecule has 6 aromatic rings. The van der Waals surface area contributed by atoms with Gasteiger partial charge in [-0.3, -0.25) is 4.90 Å². The van der Waals surface area contributed by atoms with Crippen LogP contribution in [0.2, 0.25) is 0 Å². The molecule has 2 aliphatic heterocycles. The van der Waals surface area contributed by atoms with Crippen LogP contribution in [0.25, 0.3) is 0 Å². The van der Waals surface area contributed by atoms with E-state index in [0.29, 0.717) is 0 Å². The SMILES string of the molecule is CN(C)c1cc[n+](CCCN(CCc2ccccc2)CCc2ccc3c(c2)CN2Cc4cc(CCN(CCC[n+]5ccc(N(C)C)cc5)CCc5ccccc5)ccc4N3C2)cc1.F[P-](F)(F)(F)(F)F.F[P-](F)(F)(F)(F)F. The number of pyridine rings is 2. The maximum atomic E-state index is 9.87. The summed E-state index contributed by atoms with van der Waals surface area (Å²) >= 11 is 0. The first-order valence-electron chi connectivity index (χ1n) is 25.4. The third kappa shape index (κ3) is 24.4. The molecule has 2 bridgehead atoms. The average molecular weight is 1130 g/mol. The molecule has 4 heterocycles. The molecule has 0 fully saturated rings. The van der Waals surface area contributed by atoms with Gasteiger partial charge < -0.3 is 24.5 Å². The molecule has 2 aliphatic rings. The van der Waals surface area contributed by atoms with Crippen molar-refractivity contribution in [2.75, 3.05) is 88.8 Å². The first-order chi connectivity index (χ1) is 35.7. The van der Waals surface area contributed by atoms with E-state index in [1.807, 2.05) is 0 Å². The molecule has 0 N–H and O–H groups in total. The van der Waals surface area contributed by atoms with Crippen molar-refractivity contribution in [1.29, 1.82) is 0 Å². The molecule has 0 unspecified atom stereocenters. The minimum absolute atomic E-state index is 0.963. The van der Waals surface area contributed by atoms with Crippen LogP contribution in [0.1, 0.15) is 46.2 Å². The Morgan fingerprint density at radius 3 is 1.06 bits per heavy atom. The van der Waals surface area contributed by atoms with Gasteiger partial charge in [-0.25, -0.2) is 9.13 Å². The Hall–Kier alpha value is -5.52. The summed E-state index contributed by atoms with van der Waals surface area (Å²) in [5.41, 5.74) is 13.9. The second-order valence-electron chi connectivity index (χ2n) is 20.1. The van der Waals surface area contributed by atoms with E-state index >= 15 is 0 Å². The standard InChI is InChI=1S/C55H70N8.2F6P/c1-56(2)52-25-37-60(38-26-52)31-11-29-58(33-21-46-13-7-5-8-14-46)35-23-48-17-19-54-50(41-48)43-62-44-51-42-49(18-20-55(51)63(54)45-62)24-36-59(34-22-47-15-9-6-10-16-47)30-12-32-61-39-27-53(28-40-61)57(3)4;2*1-7(2,3,4,5)6/h5-10,13-20,25-28,37-42H,11-12,21-24,29-36,43-45H2,1-4H3;;/q+2;2*-1. The van der Waals surface area contributed by atoms with Crippen LogP contribution in [-0.4, -0.2) is 88.8 Å². The zero-order chi connectivity index (χ0) is 56.2. The number of fused-ring (bicyclic) bond motifs is 6. The molecular weight excluding hydrogens is 1060 g/mol. The van der Waals surface area contributed by atoms with Crippen LogP contribution >= 0.6 is 15.6 Å². The van der Waals surface area contributed by atoms with E-state index < -0.39 is 15.6 Å². The summed E-state index contributed by atoms with van der Waals surface area (Å²) in [5.74, 6) is 0. The van der Waals surface area contributed by atoms with Gasteiger partial charge in [-0.1, -0.05) is 84.9 Å². The Morgan fingerprint density at radius 1 is 0.416 bits per heavy atom. The zero-order valence-corrected chi connectivity index (χ0v) is 45.7. The van der Waals surface area contributed by atoms with Gasteiger partial charge >= 0.3 is 66.0 Å². The van der Waals surface area contributed by atoms with Crippen molar-refractivity contribution < 1.29 is 59.5 Å². The molecule has 0 amide bonds. The average Bonchev–Trinajstić information content (AvgIpc) is 3.34. The molecule has 77 heavy (non-hydrogen) atoms. The molecule has 8 nitrogen and oxygen atoms in total. The van der Waals surface area contributed by atoms with Crippen molar-refractivity contribution in [2.45, 2.75) is 64.7 Å². The molecule has 0 spiro atoms. The molecule has 0 saturated heterocycles. The molecule has 0 radical (unpaired) electrons. The van der Waals surface area contributed by atoms with E-state index in [-0.39, 0.29) is 0 Å². The van der Waals surface area contributed by atoms with Crippen molar-refractivity contribution in [3.05, 3.63) is 179 Å². The molecule has 4 aromatic carbocycles. The van der Waals surface area contributed by atoms with Crippen LogP contribution in [0.3, 0.4) is 0 Å². The first-order valence-corrected chi connectivity index (χ1v) is 29.5. The number of hydrogen-bond donors (Lipinski definition) is 0. The summed E-state index contributed by atoms with van der Waals surface area (Å²) in [5, 5.41) is 0. The summed E-state index contributed by atoms with van der Waals surface area (Å²) in [6, 6.07) is 45.4. The fraction of sp³-hybridized carbons (Fsp3) is 0.382. The number of halogens is 12. The molecule has 2 aromatic heterocycles. The quantitative estimate of drug-likeness (QED) is 0.0382. The summed E-state index contributed by atoms with van der Waals surface area (Å²) < 4.78 is 123. The van der Waals surface area contributed by atoms with Crippen molar-refractivity contribution in [1.82, 2.24) is 14.7 Å². The van der Waals surface area contributed by atoms with Crippen molar-refractivity contribution >= 4 is 38.4 Å². The van der Waals surface area contributed by atoms with E-state index in [9.17, 15) is 50.4 Å². The molecular formula is C55H70F12N8P2. The van der Waals surface area contributed by atoms with Crippen LogP contribution in [-0.2, 0) is 51.9 Å². The predicted octanol–water partition coefficient (Wildman–Crippen LogP) is 14.9. The fourth-order valence-corrected chi connectivity index (χ4v) is 9.34. The minimum atomic E-state index is -10.7. The van der Waals surface area contributed by atoms with E-state index in [0.717, 1.165) is 111 Å². The van der Waals surface area contributed by atoms with Crippen LogP contribution in [0, 0.1) is 0 Å². The maximum absolute atomic E-state index is 10.7. The summed E-state index contributed by atoms with van der Waals surface area (Å²) in [4.78, 5) is 14.9. The molecule has 0 atom stereocenters. The number of anilines is 4. The van der Waals surface area contributed by atoms with Gasteiger partial charge in [-0.2, -0.15) is 0 Å². The van der Waals surface area contributed by atoms with Gasteiger partial charge in [0.25, 0.3) is 0 Å². The van der Waals surface area contributed by atoms with Gasteiger partial charge in [0, 0.05) is 140 Å². The number of rotatable bonds is 22. The predicted molar refractivity (Wildman–Crippen MR) is 288 cm³/mol. The van der Waals surface area contributed by atoms with Gasteiger partial charge in [0.05, 0.1) is 6.67 Å². The van der Waals surface area contributed by atoms with Crippen LogP contribution < -0.4 is 23.8 Å². The van der Waals surface area contributed by atoms with Gasteiger partial charge in [0.1, 0.15) is 13.1 Å². The van der Waals surface area contributed by atoms with E-state index in [1.165, 1.54) is 56.1 Å². The monoisotopic (exact) mass is 1130 g/mol. The number of hydrogen-bond acceptors (Lipinski definition) is 6. The fourth-order valence-electron chi connectivity index (χ4n) is 9.34. The first kappa shape index (κ1) is 60.7. The van der Waals surface area contributed by atoms with E-state index in [2.05, 4.69) is 213 Å². The van der Waals surface area contributed by atoms with Gasteiger partial charge in [-0.05, 0) is 71.2 Å². The third-order valence-electron chi connectivity index (χ3n) is 13.1. The normalized spacial score (nSPS) is 15.1. The van der Waals surface area contributed by atoms with E-state index in [1.54, 1.807) is 0 Å². The zero-order valence-electron chi connectivity index (χ0n) is 43.9. The van der Waals surface area contributed by atoms with Gasteiger partial charge in [0.15, 0.2) is 24.8 Å². The van der Waals surface area contributed by atoms with Crippen molar-refractivity contribution in [3.63, 3.8) is 0 Å². The van der Waals surface area contributed by atoms with Crippen molar-refractivity contribution in [2.24, 2.45) is 0 Å². The number of aromatic nitrogens is 2. The Balaban J connectivity index is 0.000000606. The molecule has 22 heteroatoms. The second kappa shape index (κ2) is 23.8. The Morgan fingerprint density at radius 2 is 0.740 bits per heavy atom. The number of aryl methyl sites for hydroxylation is 2. The van der Waals surface area contributed by atoms with Gasteiger partial charge in [-0.15, -0.1) is 0 Å². The van der Waals surface area contributed by atoms with Crippen molar-refractivity contribution in [3.8, 4) is 0 Å². The Labute approximate surface area is 444 Å². The van der Waals surface area contributed by atoms with E-state index in [4.69, 9.17) is 0 Å². The second-order valence-corrected chi connectivity index (χ2v) is 24.0. The Bertz CT molecular complexity index is 2600. The molecule has 0 aliphatic carbocycles. The topological polar surface area (TPSA) is 27.2 Å². The van der Waals surface area contributed by atoms with Gasteiger partial charge in [0.2, 0.25) is 0 Å². The summed E-state index contributed by atoms with van der Waals surface area (Å²) in [6.07, 6.45) is 15.4. The summed E-state index contributed by atoms with van der Waals surface area (Å²) in [6.45, 7) is 11.5. The molecule has 424 valence electrons. The third-order valence-corrected chi connectivity index (χ3v) is 13.1. The summed E-state index contributed by atoms with van der Waals surface area (Å²) in [7, 11) is -12.9. The van der Waals surface area contributed by atoms with Crippen LogP contribution in [0.15, 0.2) is 146 Å². The molecule has 0 saturated carbocycles. The van der Waals surface area contributed by atoms with Crippen LogP contribution in [0.4, 0.5) is 73.1 Å². The number of benzene rings is 4.